The van der Waals surface area contributed by atoms with Crippen LogP contribution < -0.4 is 4.74 Å². The van der Waals surface area contributed by atoms with E-state index in [1.807, 2.05) is 12.1 Å². The van der Waals surface area contributed by atoms with Gasteiger partial charge >= 0.3 is 5.97 Å². The highest BCUT2D eigenvalue weighted by atomic mass is 79.9. The first kappa shape index (κ1) is 32.7. The zero-order valence-electron chi connectivity index (χ0n) is 27.5. The number of carbonyl (C=O) groups is 1. The van der Waals surface area contributed by atoms with Gasteiger partial charge in [-0.25, -0.2) is 0 Å². The molecule has 0 amide bonds. The maximum Gasteiger partial charge on any atom is 0.313 e. The van der Waals surface area contributed by atoms with E-state index in [1.165, 1.54) is 0 Å². The number of halogens is 1. The Morgan fingerprint density at radius 1 is 1.07 bits per heavy atom. The molecule has 9 heteroatoms. The van der Waals surface area contributed by atoms with E-state index in [9.17, 15) is 4.79 Å². The van der Waals surface area contributed by atoms with Gasteiger partial charge in [0, 0.05) is 30.5 Å². The van der Waals surface area contributed by atoms with Gasteiger partial charge in [0.1, 0.15) is 5.75 Å². The summed E-state index contributed by atoms with van der Waals surface area (Å²) >= 11 is 4.03. The third-order valence-corrected chi connectivity index (χ3v) is 18.1. The van der Waals surface area contributed by atoms with Crippen LogP contribution >= 0.6 is 15.9 Å². The molecule has 44 heavy (non-hydrogen) atoms. The van der Waals surface area contributed by atoms with Crippen molar-refractivity contribution < 1.29 is 32.9 Å². The van der Waals surface area contributed by atoms with E-state index in [0.717, 1.165) is 55.4 Å². The Morgan fingerprint density at radius 2 is 1.80 bits per heavy atom. The largest absolute Gasteiger partial charge is 0.497 e. The fourth-order valence-electron chi connectivity index (χ4n) is 8.77. The fourth-order valence-corrected chi connectivity index (χ4v) is 11.4. The summed E-state index contributed by atoms with van der Waals surface area (Å²) < 4.78 is 37.9. The standard InChI is InChI=1S/C35H51BrO7Si/c1-21-28(17-23-15-26(43-44(7,8)33(2,3)4)13-14-34(23)20-41-32(37)30(21)34)42-35(39-6)24-16-27(31(35)36)29(18-24)40-19-22-9-11-25(38-5)12-10-22/h9-12,23-24,26-31H,1,13-20H2,2-8H3/t23-,24-,26+,27+,28-,29+,30-,31+,34-,35+/m0/s1. The Kier molecular flexibility index (Phi) is 8.75. The van der Waals surface area contributed by atoms with Crippen LogP contribution in [-0.2, 0) is 34.8 Å². The first-order chi connectivity index (χ1) is 20.7. The van der Waals surface area contributed by atoms with Gasteiger partial charge in [-0.2, -0.15) is 0 Å². The predicted molar refractivity (Wildman–Crippen MR) is 175 cm³/mol. The smallest absolute Gasteiger partial charge is 0.313 e. The number of methoxy groups -OCH3 is 2. The summed E-state index contributed by atoms with van der Waals surface area (Å²) in [5, 5.41) is 0.150. The highest BCUT2D eigenvalue weighted by Gasteiger charge is 2.67. The number of hydrogen-bond acceptors (Lipinski definition) is 7. The van der Waals surface area contributed by atoms with Gasteiger partial charge in [-0.05, 0) is 85.8 Å². The van der Waals surface area contributed by atoms with Gasteiger partial charge in [-0.1, -0.05) is 55.4 Å². The van der Waals surface area contributed by atoms with Crippen molar-refractivity contribution in [2.24, 2.45) is 29.1 Å². The van der Waals surface area contributed by atoms with Gasteiger partial charge in [-0.15, -0.1) is 0 Å². The summed E-state index contributed by atoms with van der Waals surface area (Å²) in [4.78, 5) is 13.2. The molecule has 2 bridgehead atoms. The van der Waals surface area contributed by atoms with Gasteiger partial charge in [-0.3, -0.25) is 4.79 Å². The predicted octanol–water partition coefficient (Wildman–Crippen LogP) is 7.42. The first-order valence-corrected chi connectivity index (χ1v) is 20.2. The maximum atomic E-state index is 13.3. The Morgan fingerprint density at radius 3 is 2.43 bits per heavy atom. The molecule has 0 unspecified atom stereocenters. The molecule has 10 atom stereocenters. The lowest BCUT2D eigenvalue weighted by molar-refractivity contribution is -0.275. The van der Waals surface area contributed by atoms with Gasteiger partial charge in [0.05, 0.1) is 43.3 Å². The molecule has 244 valence electrons. The van der Waals surface area contributed by atoms with Crippen molar-refractivity contribution in [3.8, 4) is 5.75 Å². The van der Waals surface area contributed by atoms with Crippen molar-refractivity contribution in [1.29, 1.82) is 0 Å². The van der Waals surface area contributed by atoms with Crippen LogP contribution in [0.25, 0.3) is 0 Å². The molecule has 1 aromatic rings. The summed E-state index contributed by atoms with van der Waals surface area (Å²) in [7, 11) is 1.51. The fraction of sp³-hybridized carbons (Fsp3) is 0.743. The third-order valence-electron chi connectivity index (χ3n) is 12.3. The number of carbonyl (C=O) groups excluding carboxylic acids is 1. The number of esters is 1. The third kappa shape index (κ3) is 5.35. The van der Waals surface area contributed by atoms with E-state index in [1.54, 1.807) is 14.2 Å². The topological polar surface area (TPSA) is 72.5 Å². The van der Waals surface area contributed by atoms with Crippen LogP contribution in [0.2, 0.25) is 18.1 Å². The number of benzene rings is 1. The van der Waals surface area contributed by atoms with Crippen LogP contribution in [0.5, 0.6) is 5.75 Å². The highest BCUT2D eigenvalue weighted by Crippen LogP contribution is 2.62. The number of fused-ring (bicyclic) bond motifs is 2. The van der Waals surface area contributed by atoms with Crippen molar-refractivity contribution in [2.75, 3.05) is 20.8 Å². The molecule has 5 aliphatic rings. The zero-order valence-corrected chi connectivity index (χ0v) is 30.1. The molecule has 7 nitrogen and oxygen atoms in total. The minimum atomic E-state index is -1.92. The SMILES string of the molecule is C=C1[C@H]2C(=O)OC[C@]23CC[C@@H](O[Si](C)(C)C(C)(C)C)C[C@H]3C[C@@H]1O[C@]1(OC)[C@H]2C[C@@H]([C@H]1Br)[C@H](OCc1ccc(OC)cc1)C2. The Labute approximate surface area is 273 Å². The second-order valence-corrected chi connectivity index (χ2v) is 21.3. The second kappa shape index (κ2) is 11.8. The molecule has 4 aliphatic carbocycles. The monoisotopic (exact) mass is 690 g/mol. The quantitative estimate of drug-likeness (QED) is 0.0878. The highest BCUT2D eigenvalue weighted by molar-refractivity contribution is 9.09. The van der Waals surface area contributed by atoms with Crippen molar-refractivity contribution in [3.05, 3.63) is 42.0 Å². The molecule has 1 aliphatic heterocycles. The summed E-state index contributed by atoms with van der Waals surface area (Å²) in [5.41, 5.74) is 1.78. The van der Waals surface area contributed by atoms with E-state index in [0.29, 0.717) is 13.2 Å². The molecule has 1 spiro atoms. The molecule has 6 rings (SSSR count). The second-order valence-electron chi connectivity index (χ2n) is 15.5. The van der Waals surface area contributed by atoms with Crippen LogP contribution in [0.3, 0.4) is 0 Å². The summed E-state index contributed by atoms with van der Waals surface area (Å²) in [6.45, 7) is 17.1. The van der Waals surface area contributed by atoms with Gasteiger partial charge in [0.15, 0.2) is 14.1 Å². The summed E-state index contributed by atoms with van der Waals surface area (Å²) in [6.07, 6.45) is 5.50. The molecular weight excluding hydrogens is 640 g/mol. The number of ether oxygens (including phenoxy) is 5. The number of hydrogen-bond donors (Lipinski definition) is 0. The van der Waals surface area contributed by atoms with E-state index in [4.69, 9.17) is 28.1 Å². The molecule has 1 heterocycles. The molecule has 0 radical (unpaired) electrons. The summed E-state index contributed by atoms with van der Waals surface area (Å²) in [6, 6.07) is 8.04. The normalized spacial score (nSPS) is 40.1. The van der Waals surface area contributed by atoms with Crippen LogP contribution in [0.1, 0.15) is 64.9 Å². The van der Waals surface area contributed by atoms with Gasteiger partial charge in [0.25, 0.3) is 0 Å². The van der Waals surface area contributed by atoms with Crippen molar-refractivity contribution >= 4 is 30.2 Å². The van der Waals surface area contributed by atoms with Crippen molar-refractivity contribution in [1.82, 2.24) is 0 Å². The Balaban J connectivity index is 1.16. The lowest BCUT2D eigenvalue weighted by atomic mass is 9.53. The number of rotatable bonds is 9. The average Bonchev–Trinajstić information content (AvgIpc) is 3.63. The molecule has 5 fully saturated rings. The Hall–Kier alpha value is -1.23. The molecule has 1 saturated heterocycles. The van der Waals surface area contributed by atoms with Gasteiger partial charge in [0.2, 0.25) is 0 Å². The van der Waals surface area contributed by atoms with Crippen molar-refractivity contribution in [2.45, 2.75) is 113 Å². The molecular formula is C35H51BrO7Si. The Bertz CT molecular complexity index is 1240. The van der Waals surface area contributed by atoms with E-state index >= 15 is 0 Å². The molecule has 4 saturated carbocycles. The van der Waals surface area contributed by atoms with E-state index in [2.05, 4.69) is 68.5 Å². The van der Waals surface area contributed by atoms with Crippen LogP contribution in [0.4, 0.5) is 0 Å². The van der Waals surface area contributed by atoms with Crippen LogP contribution in [0.15, 0.2) is 36.4 Å². The lowest BCUT2D eigenvalue weighted by Crippen LogP contribution is -2.58. The van der Waals surface area contributed by atoms with Crippen LogP contribution in [-0.4, -0.2) is 64.0 Å². The van der Waals surface area contributed by atoms with Crippen LogP contribution in [0, 0.1) is 29.1 Å². The van der Waals surface area contributed by atoms with E-state index < -0.39 is 14.1 Å². The first-order valence-electron chi connectivity index (χ1n) is 16.4. The van der Waals surface area contributed by atoms with E-state index in [-0.39, 0.29) is 63.2 Å². The average molecular weight is 692 g/mol. The minimum Gasteiger partial charge on any atom is -0.497 e. The number of cyclic esters (lactones) is 1. The number of alkyl halides is 1. The maximum absolute atomic E-state index is 13.3. The molecule has 0 N–H and O–H groups in total. The zero-order chi connectivity index (χ0) is 31.7. The summed E-state index contributed by atoms with van der Waals surface area (Å²) in [5.74, 6) is 0.282. The van der Waals surface area contributed by atoms with Crippen molar-refractivity contribution in [3.63, 3.8) is 0 Å². The molecule has 1 aromatic carbocycles. The van der Waals surface area contributed by atoms with Gasteiger partial charge < -0.3 is 28.1 Å². The molecule has 0 aromatic heterocycles. The minimum absolute atomic E-state index is 0.0318. The lowest BCUT2D eigenvalue weighted by Gasteiger charge is -2.54.